The molecular formula is C61H107NO10. The number of hydrogen-bond acceptors (Lipinski definition) is 10. The van der Waals surface area contributed by atoms with Crippen LogP contribution in [0.1, 0.15) is 239 Å². The lowest BCUT2D eigenvalue weighted by atomic mass is 9.99. The Kier molecular flexibility index (Phi) is 46.9. The van der Waals surface area contributed by atoms with Crippen LogP contribution < -0.4 is 5.32 Å². The van der Waals surface area contributed by atoms with Gasteiger partial charge in [-0.3, -0.25) is 9.59 Å². The number of nitrogens with one attached hydrogen (secondary N) is 1. The second-order valence-corrected chi connectivity index (χ2v) is 20.0. The van der Waals surface area contributed by atoms with Gasteiger partial charge in [0.2, 0.25) is 5.91 Å². The standard InChI is InChI=1S/C61H107NO10/c1-3-5-7-9-11-13-14-15-16-23-26-29-33-37-41-45-49-57(66)70-50-46-42-38-34-30-27-24-21-19-17-18-20-22-25-28-32-36-40-44-48-56(65)62-53(54(64)47-43-39-35-31-12-10-8-6-4-2)52-71-61-60(69)59(68)58(67)55(51-63)72-61/h12-14,16,21,23-24,27,30-31,43,47,53-55,58-61,63-64,67-69H,3-11,15,17-20,22,25-26,28-29,32-42,44-46,48-52H2,1-2H3,(H,62,65)/b14-13-,23-16-,24-21-,30-27-,31-12+,47-43+. The van der Waals surface area contributed by atoms with Gasteiger partial charge in [0, 0.05) is 12.8 Å². The maximum Gasteiger partial charge on any atom is 0.305 e. The van der Waals surface area contributed by atoms with E-state index in [1.54, 1.807) is 6.08 Å². The Balaban J connectivity index is 2.06. The number of rotatable bonds is 49. The van der Waals surface area contributed by atoms with Crippen LogP contribution in [0.2, 0.25) is 0 Å². The van der Waals surface area contributed by atoms with Crippen molar-refractivity contribution in [3.63, 3.8) is 0 Å². The first-order valence-corrected chi connectivity index (χ1v) is 29.2. The van der Waals surface area contributed by atoms with Crippen LogP contribution in [0.25, 0.3) is 0 Å². The predicted octanol–water partition coefficient (Wildman–Crippen LogP) is 13.2. The molecule has 1 saturated heterocycles. The fraction of sp³-hybridized carbons (Fsp3) is 0.770. The van der Waals surface area contributed by atoms with E-state index in [0.29, 0.717) is 19.4 Å². The quantitative estimate of drug-likeness (QED) is 0.0149. The van der Waals surface area contributed by atoms with E-state index in [-0.39, 0.29) is 18.5 Å². The number of allylic oxidation sites excluding steroid dienone is 11. The maximum atomic E-state index is 13.0. The summed E-state index contributed by atoms with van der Waals surface area (Å²) >= 11 is 0. The molecule has 72 heavy (non-hydrogen) atoms. The maximum absolute atomic E-state index is 13.0. The van der Waals surface area contributed by atoms with E-state index >= 15 is 0 Å². The van der Waals surface area contributed by atoms with Gasteiger partial charge in [-0.25, -0.2) is 0 Å². The van der Waals surface area contributed by atoms with E-state index in [0.717, 1.165) is 103 Å². The molecule has 1 aliphatic heterocycles. The molecule has 0 bridgehead atoms. The Morgan fingerprint density at radius 2 is 0.986 bits per heavy atom. The minimum absolute atomic E-state index is 0.0436. The van der Waals surface area contributed by atoms with Crippen LogP contribution in [-0.4, -0.2) is 100 Å². The zero-order chi connectivity index (χ0) is 52.4. The monoisotopic (exact) mass is 1010 g/mol. The summed E-state index contributed by atoms with van der Waals surface area (Å²) in [6.45, 7) is 4.19. The number of esters is 1. The molecule has 6 N–H and O–H groups in total. The summed E-state index contributed by atoms with van der Waals surface area (Å²) in [6, 6.07) is -0.836. The third-order valence-corrected chi connectivity index (χ3v) is 13.3. The number of aliphatic hydroxyl groups is 5. The lowest BCUT2D eigenvalue weighted by Crippen LogP contribution is -2.60. The average Bonchev–Trinajstić information content (AvgIpc) is 3.38. The van der Waals surface area contributed by atoms with Crippen molar-refractivity contribution >= 4 is 11.9 Å². The minimum Gasteiger partial charge on any atom is -0.466 e. The van der Waals surface area contributed by atoms with Gasteiger partial charge < -0.3 is 45.1 Å². The largest absolute Gasteiger partial charge is 0.466 e. The number of aliphatic hydroxyl groups excluding tert-OH is 5. The topological polar surface area (TPSA) is 175 Å². The molecule has 7 atom stereocenters. The Morgan fingerprint density at radius 3 is 1.57 bits per heavy atom. The van der Waals surface area contributed by atoms with Crippen LogP contribution >= 0.6 is 0 Å². The van der Waals surface area contributed by atoms with E-state index in [2.05, 4.69) is 79.9 Å². The van der Waals surface area contributed by atoms with Gasteiger partial charge in [0.05, 0.1) is 32.0 Å². The van der Waals surface area contributed by atoms with E-state index in [1.165, 1.54) is 109 Å². The summed E-state index contributed by atoms with van der Waals surface area (Å²) in [4.78, 5) is 25.0. The van der Waals surface area contributed by atoms with E-state index < -0.39 is 49.5 Å². The van der Waals surface area contributed by atoms with Crippen LogP contribution in [-0.2, 0) is 23.8 Å². The molecular weight excluding hydrogens is 907 g/mol. The number of unbranched alkanes of at least 4 members (excludes halogenated alkanes) is 26. The molecule has 0 saturated carbocycles. The Hall–Kier alpha value is -2.90. The first-order valence-electron chi connectivity index (χ1n) is 29.2. The highest BCUT2D eigenvalue weighted by Crippen LogP contribution is 2.23. The lowest BCUT2D eigenvalue weighted by molar-refractivity contribution is -0.302. The number of carbonyl (C=O) groups excluding carboxylic acids is 2. The third kappa shape index (κ3) is 39.5. The van der Waals surface area contributed by atoms with E-state index in [9.17, 15) is 35.1 Å². The highest BCUT2D eigenvalue weighted by molar-refractivity contribution is 5.76. The average molecular weight is 1010 g/mol. The van der Waals surface area contributed by atoms with Gasteiger partial charge in [0.1, 0.15) is 24.4 Å². The highest BCUT2D eigenvalue weighted by atomic mass is 16.7. The summed E-state index contributed by atoms with van der Waals surface area (Å²) in [5.74, 6) is -0.250. The zero-order valence-electron chi connectivity index (χ0n) is 45.6. The van der Waals surface area contributed by atoms with Crippen LogP contribution in [0.3, 0.4) is 0 Å². The number of amides is 1. The van der Waals surface area contributed by atoms with Crippen molar-refractivity contribution in [2.45, 2.75) is 281 Å². The summed E-state index contributed by atoms with van der Waals surface area (Å²) < 4.78 is 16.6. The third-order valence-electron chi connectivity index (χ3n) is 13.3. The van der Waals surface area contributed by atoms with Crippen molar-refractivity contribution in [1.29, 1.82) is 0 Å². The van der Waals surface area contributed by atoms with Gasteiger partial charge in [-0.15, -0.1) is 0 Å². The molecule has 11 nitrogen and oxygen atoms in total. The van der Waals surface area contributed by atoms with Gasteiger partial charge in [0.15, 0.2) is 6.29 Å². The SMILES string of the molecule is CCCCC/C=C/CC/C=C/C(O)C(COC1OC(CO)C(O)C(O)C1O)NC(=O)CCCCCCCCCCCC/C=C\C=C/CCCCCOC(=O)CCCCCCC/C=C\C/C=C\CCCCCC. The van der Waals surface area contributed by atoms with Crippen LogP contribution in [0.4, 0.5) is 0 Å². The Labute approximate surface area is 439 Å². The number of ether oxygens (including phenoxy) is 3. The summed E-state index contributed by atoms with van der Waals surface area (Å²) in [7, 11) is 0. The molecule has 1 rings (SSSR count). The molecule has 1 aliphatic rings. The van der Waals surface area contributed by atoms with Crippen LogP contribution in [0, 0.1) is 0 Å². The molecule has 1 fully saturated rings. The Morgan fingerprint density at radius 1 is 0.528 bits per heavy atom. The molecule has 0 aromatic heterocycles. The summed E-state index contributed by atoms with van der Waals surface area (Å²) in [5, 5.41) is 54.1. The molecule has 1 amide bonds. The van der Waals surface area contributed by atoms with Crippen molar-refractivity contribution in [2.24, 2.45) is 0 Å². The minimum atomic E-state index is -1.58. The summed E-state index contributed by atoms with van der Waals surface area (Å²) in [6.07, 6.45) is 55.8. The van der Waals surface area contributed by atoms with Gasteiger partial charge in [-0.2, -0.15) is 0 Å². The molecule has 416 valence electrons. The molecule has 0 aromatic rings. The molecule has 7 unspecified atom stereocenters. The fourth-order valence-corrected chi connectivity index (χ4v) is 8.59. The van der Waals surface area contributed by atoms with Crippen molar-refractivity contribution in [3.05, 3.63) is 72.9 Å². The van der Waals surface area contributed by atoms with Crippen molar-refractivity contribution in [2.75, 3.05) is 19.8 Å². The molecule has 0 spiro atoms. The van der Waals surface area contributed by atoms with Crippen LogP contribution in [0.15, 0.2) is 72.9 Å². The second-order valence-electron chi connectivity index (χ2n) is 20.0. The summed E-state index contributed by atoms with van der Waals surface area (Å²) in [5.41, 5.74) is 0. The first-order chi connectivity index (χ1) is 35.2. The van der Waals surface area contributed by atoms with Gasteiger partial charge in [-0.1, -0.05) is 189 Å². The molecule has 11 heteroatoms. The smallest absolute Gasteiger partial charge is 0.305 e. The number of carbonyl (C=O) groups is 2. The predicted molar refractivity (Wildman–Crippen MR) is 296 cm³/mol. The van der Waals surface area contributed by atoms with Gasteiger partial charge in [-0.05, 0) is 109 Å². The first kappa shape index (κ1) is 67.1. The van der Waals surface area contributed by atoms with Crippen molar-refractivity contribution in [1.82, 2.24) is 5.32 Å². The molecule has 0 radical (unpaired) electrons. The fourth-order valence-electron chi connectivity index (χ4n) is 8.59. The number of hydrogen-bond donors (Lipinski definition) is 6. The van der Waals surface area contributed by atoms with E-state index in [1.807, 2.05) is 6.08 Å². The highest BCUT2D eigenvalue weighted by Gasteiger charge is 2.44. The van der Waals surface area contributed by atoms with Gasteiger partial charge >= 0.3 is 5.97 Å². The normalized spacial score (nSPS) is 19.6. The molecule has 1 heterocycles. The van der Waals surface area contributed by atoms with Crippen molar-refractivity contribution < 1.29 is 49.3 Å². The van der Waals surface area contributed by atoms with Gasteiger partial charge in [0.25, 0.3) is 0 Å². The van der Waals surface area contributed by atoms with E-state index in [4.69, 9.17) is 14.2 Å². The lowest BCUT2D eigenvalue weighted by Gasteiger charge is -2.40. The molecule has 0 aliphatic carbocycles. The van der Waals surface area contributed by atoms with Crippen LogP contribution in [0.5, 0.6) is 0 Å². The second kappa shape index (κ2) is 50.3. The molecule has 0 aromatic carbocycles. The van der Waals surface area contributed by atoms with Crippen molar-refractivity contribution in [3.8, 4) is 0 Å². The Bertz CT molecular complexity index is 1430. The zero-order valence-corrected chi connectivity index (χ0v) is 45.6.